The van der Waals surface area contributed by atoms with Crippen LogP contribution >= 0.6 is 11.8 Å². The quantitative estimate of drug-likeness (QED) is 0.723. The molecular weight excluding hydrogens is 372 g/mol. The minimum atomic E-state index is -0.156. The van der Waals surface area contributed by atoms with Crippen molar-refractivity contribution < 1.29 is 14.3 Å². The summed E-state index contributed by atoms with van der Waals surface area (Å²) in [7, 11) is 1.60. The standard InChI is InChI=1S/C22H24N2O3S/c1-13(2)27-17-10-9-16(11-18(17)26-5)12-19-21(25)24-22(28-19)23-20-14(3)7-6-8-15(20)4/h6-13H,1-5H3,(H,23,24,25)/b19-12-. The molecule has 0 spiro atoms. The third-order valence-corrected chi connectivity index (χ3v) is 5.06. The predicted octanol–water partition coefficient (Wildman–Crippen LogP) is 4.99. The van der Waals surface area contributed by atoms with E-state index in [-0.39, 0.29) is 12.0 Å². The summed E-state index contributed by atoms with van der Waals surface area (Å²) in [6.07, 6.45) is 1.88. The van der Waals surface area contributed by atoms with Crippen molar-refractivity contribution in [1.82, 2.24) is 5.32 Å². The average molecular weight is 397 g/mol. The molecule has 2 aromatic carbocycles. The van der Waals surface area contributed by atoms with E-state index in [1.165, 1.54) is 11.8 Å². The number of nitrogens with zero attached hydrogens (tertiary/aromatic N) is 1. The van der Waals surface area contributed by atoms with Crippen LogP contribution in [0.3, 0.4) is 0 Å². The fraction of sp³-hybridized carbons (Fsp3) is 0.273. The highest BCUT2D eigenvalue weighted by atomic mass is 32.2. The smallest absolute Gasteiger partial charge is 0.264 e. The summed E-state index contributed by atoms with van der Waals surface area (Å²) in [5.41, 5.74) is 3.90. The lowest BCUT2D eigenvalue weighted by molar-refractivity contribution is -0.115. The van der Waals surface area contributed by atoms with Gasteiger partial charge in [0.25, 0.3) is 5.91 Å². The lowest BCUT2D eigenvalue weighted by Gasteiger charge is -2.13. The van der Waals surface area contributed by atoms with Crippen molar-refractivity contribution >= 4 is 34.6 Å². The van der Waals surface area contributed by atoms with E-state index in [0.717, 1.165) is 22.4 Å². The second-order valence-corrected chi connectivity index (χ2v) is 7.83. The van der Waals surface area contributed by atoms with Crippen molar-refractivity contribution in [3.63, 3.8) is 0 Å². The molecule has 0 unspecified atom stereocenters. The number of para-hydroxylation sites is 1. The minimum Gasteiger partial charge on any atom is -0.493 e. The molecule has 1 N–H and O–H groups in total. The molecule has 1 saturated heterocycles. The van der Waals surface area contributed by atoms with Gasteiger partial charge in [0.2, 0.25) is 0 Å². The Balaban J connectivity index is 1.86. The first kappa shape index (κ1) is 20.0. The first-order valence-corrected chi connectivity index (χ1v) is 9.89. The Hall–Kier alpha value is -2.73. The molecule has 1 fully saturated rings. The molecule has 1 heterocycles. The number of aryl methyl sites for hydroxylation is 2. The Morgan fingerprint density at radius 3 is 2.46 bits per heavy atom. The molecule has 0 bridgehead atoms. The summed E-state index contributed by atoms with van der Waals surface area (Å²) < 4.78 is 11.2. The summed E-state index contributed by atoms with van der Waals surface area (Å²) in [6, 6.07) is 11.6. The van der Waals surface area contributed by atoms with Crippen LogP contribution < -0.4 is 14.8 Å². The summed E-state index contributed by atoms with van der Waals surface area (Å²) in [5, 5.41) is 3.43. The van der Waals surface area contributed by atoms with Gasteiger partial charge in [-0.25, -0.2) is 4.99 Å². The molecule has 28 heavy (non-hydrogen) atoms. The average Bonchev–Trinajstić information content (AvgIpc) is 2.98. The van der Waals surface area contributed by atoms with E-state index in [1.54, 1.807) is 7.11 Å². The van der Waals surface area contributed by atoms with Crippen LogP contribution in [0.4, 0.5) is 5.69 Å². The van der Waals surface area contributed by atoms with Crippen molar-refractivity contribution in [3.05, 3.63) is 58.0 Å². The van der Waals surface area contributed by atoms with Crippen LogP contribution in [-0.4, -0.2) is 24.3 Å². The van der Waals surface area contributed by atoms with Gasteiger partial charge in [0.1, 0.15) is 0 Å². The van der Waals surface area contributed by atoms with Crippen LogP contribution in [0.5, 0.6) is 11.5 Å². The normalized spacial score (nSPS) is 16.7. The molecule has 0 atom stereocenters. The summed E-state index contributed by atoms with van der Waals surface area (Å²) >= 11 is 1.33. The van der Waals surface area contributed by atoms with Crippen molar-refractivity contribution in [1.29, 1.82) is 0 Å². The van der Waals surface area contributed by atoms with Gasteiger partial charge in [-0.1, -0.05) is 24.3 Å². The lowest BCUT2D eigenvalue weighted by Crippen LogP contribution is -2.19. The number of methoxy groups -OCH3 is 1. The first-order valence-electron chi connectivity index (χ1n) is 9.08. The molecule has 0 radical (unpaired) electrons. The maximum Gasteiger partial charge on any atom is 0.264 e. The van der Waals surface area contributed by atoms with Gasteiger partial charge >= 0.3 is 0 Å². The highest BCUT2D eigenvalue weighted by molar-refractivity contribution is 8.18. The first-order chi connectivity index (χ1) is 13.4. The topological polar surface area (TPSA) is 59.9 Å². The number of aliphatic imine (C=N–C) groups is 1. The number of ether oxygens (including phenoxy) is 2. The van der Waals surface area contributed by atoms with Crippen molar-refractivity contribution in [3.8, 4) is 11.5 Å². The minimum absolute atomic E-state index is 0.0536. The Labute approximate surface area is 169 Å². The Bertz CT molecular complexity index is 944. The maximum atomic E-state index is 12.4. The second kappa shape index (κ2) is 8.52. The zero-order valence-corrected chi connectivity index (χ0v) is 17.5. The van der Waals surface area contributed by atoms with Crippen LogP contribution in [0.2, 0.25) is 0 Å². The van der Waals surface area contributed by atoms with E-state index in [1.807, 2.05) is 70.2 Å². The van der Waals surface area contributed by atoms with Crippen LogP contribution in [0.15, 0.2) is 46.3 Å². The zero-order valence-electron chi connectivity index (χ0n) is 16.7. The van der Waals surface area contributed by atoms with Gasteiger partial charge in [-0.3, -0.25) is 4.79 Å². The maximum absolute atomic E-state index is 12.4. The summed E-state index contributed by atoms with van der Waals surface area (Å²) in [6.45, 7) is 7.95. The molecule has 0 aliphatic carbocycles. The molecule has 5 nitrogen and oxygen atoms in total. The van der Waals surface area contributed by atoms with E-state index < -0.39 is 0 Å². The third-order valence-electron chi connectivity index (χ3n) is 4.15. The summed E-state index contributed by atoms with van der Waals surface area (Å²) in [5.74, 6) is 1.16. The number of hydrogen-bond donors (Lipinski definition) is 1. The molecular formula is C22H24N2O3S. The number of thioether (sulfide) groups is 1. The van der Waals surface area contributed by atoms with Crippen LogP contribution in [0, 0.1) is 13.8 Å². The molecule has 3 rings (SSSR count). The van der Waals surface area contributed by atoms with Gasteiger partial charge in [-0.2, -0.15) is 0 Å². The predicted molar refractivity (Wildman–Crippen MR) is 115 cm³/mol. The van der Waals surface area contributed by atoms with Gasteiger partial charge in [-0.05, 0) is 74.4 Å². The fourth-order valence-corrected chi connectivity index (χ4v) is 3.67. The van der Waals surface area contributed by atoms with E-state index in [2.05, 4.69) is 10.3 Å². The number of carbonyl (C=O) groups is 1. The Morgan fingerprint density at radius 2 is 1.82 bits per heavy atom. The van der Waals surface area contributed by atoms with Gasteiger partial charge in [-0.15, -0.1) is 0 Å². The molecule has 0 aromatic heterocycles. The monoisotopic (exact) mass is 396 g/mol. The van der Waals surface area contributed by atoms with Gasteiger partial charge in [0, 0.05) is 0 Å². The highest BCUT2D eigenvalue weighted by Gasteiger charge is 2.24. The van der Waals surface area contributed by atoms with Crippen molar-refractivity contribution in [2.24, 2.45) is 4.99 Å². The van der Waals surface area contributed by atoms with E-state index >= 15 is 0 Å². The zero-order chi connectivity index (χ0) is 20.3. The molecule has 6 heteroatoms. The molecule has 146 valence electrons. The van der Waals surface area contributed by atoms with Crippen LogP contribution in [0.1, 0.15) is 30.5 Å². The van der Waals surface area contributed by atoms with Crippen molar-refractivity contribution in [2.75, 3.05) is 7.11 Å². The van der Waals surface area contributed by atoms with E-state index in [9.17, 15) is 4.79 Å². The second-order valence-electron chi connectivity index (χ2n) is 6.80. The number of amidine groups is 1. The summed E-state index contributed by atoms with van der Waals surface area (Å²) in [4.78, 5) is 17.6. The van der Waals surface area contributed by atoms with Crippen LogP contribution in [-0.2, 0) is 4.79 Å². The number of rotatable bonds is 5. The fourth-order valence-electron chi connectivity index (χ4n) is 2.84. The number of amides is 1. The largest absolute Gasteiger partial charge is 0.493 e. The molecule has 1 amide bonds. The highest BCUT2D eigenvalue weighted by Crippen LogP contribution is 2.33. The SMILES string of the molecule is COc1cc(/C=C2\SC(=Nc3c(C)cccc3C)NC2=O)ccc1OC(C)C. The number of nitrogens with one attached hydrogen (secondary N) is 1. The van der Waals surface area contributed by atoms with E-state index in [4.69, 9.17) is 9.47 Å². The van der Waals surface area contributed by atoms with Gasteiger partial charge < -0.3 is 14.8 Å². The molecule has 0 saturated carbocycles. The lowest BCUT2D eigenvalue weighted by atomic mass is 10.1. The van der Waals surface area contributed by atoms with E-state index in [0.29, 0.717) is 21.6 Å². The van der Waals surface area contributed by atoms with Gasteiger partial charge in [0.05, 0.1) is 23.8 Å². The number of benzene rings is 2. The molecule has 1 aliphatic rings. The number of carbonyl (C=O) groups excluding carboxylic acids is 1. The Morgan fingerprint density at radius 1 is 1.11 bits per heavy atom. The van der Waals surface area contributed by atoms with Gasteiger partial charge in [0.15, 0.2) is 16.7 Å². The molecule has 2 aromatic rings. The molecule has 1 aliphatic heterocycles. The van der Waals surface area contributed by atoms with Crippen molar-refractivity contribution in [2.45, 2.75) is 33.8 Å². The third kappa shape index (κ3) is 4.57. The van der Waals surface area contributed by atoms with Crippen LogP contribution in [0.25, 0.3) is 6.08 Å². The number of hydrogen-bond acceptors (Lipinski definition) is 5. The Kier molecular flexibility index (Phi) is 6.09.